The Balaban J connectivity index is 1.67. The summed E-state index contributed by atoms with van der Waals surface area (Å²) < 4.78 is 29.1. The van der Waals surface area contributed by atoms with E-state index >= 15 is 0 Å². The first kappa shape index (κ1) is 14.8. The van der Waals surface area contributed by atoms with Crippen LogP contribution >= 0.6 is 0 Å². The van der Waals surface area contributed by atoms with Gasteiger partial charge >= 0.3 is 0 Å². The number of imidazole rings is 1. The van der Waals surface area contributed by atoms with Crippen LogP contribution in [-0.2, 0) is 16.6 Å². The maximum atomic E-state index is 12.7. The van der Waals surface area contributed by atoms with Crippen molar-refractivity contribution in [2.45, 2.75) is 56.1 Å². The van der Waals surface area contributed by atoms with Crippen LogP contribution in [-0.4, -0.2) is 44.0 Å². The monoisotopic (exact) mass is 336 g/mol. The average molecular weight is 336 g/mol. The molecule has 1 aliphatic heterocycles. The lowest BCUT2D eigenvalue weighted by atomic mass is 10.1. The number of sulfonamides is 1. The van der Waals surface area contributed by atoms with Gasteiger partial charge in [-0.05, 0) is 19.8 Å². The number of H-pyrrole nitrogens is 1. The van der Waals surface area contributed by atoms with Crippen LogP contribution in [0.4, 0.5) is 0 Å². The van der Waals surface area contributed by atoms with Crippen LogP contribution < -0.4 is 0 Å². The van der Waals surface area contributed by atoms with E-state index in [1.165, 1.54) is 29.7 Å². The molecule has 2 aliphatic rings. The Bertz CT molecular complexity index is 791. The molecule has 1 saturated carbocycles. The highest BCUT2D eigenvalue weighted by atomic mass is 32.2. The second-order valence-electron chi connectivity index (χ2n) is 6.26. The summed E-state index contributed by atoms with van der Waals surface area (Å²) in [4.78, 5) is 6.50. The number of hydrogen-bond donors (Lipinski definition) is 1. The van der Waals surface area contributed by atoms with Crippen molar-refractivity contribution in [2.24, 2.45) is 0 Å². The zero-order chi connectivity index (χ0) is 16.0. The summed E-state index contributed by atoms with van der Waals surface area (Å²) >= 11 is 0. The highest BCUT2D eigenvalue weighted by Gasteiger charge is 2.38. The number of aromatic amines is 1. The van der Waals surface area contributed by atoms with Crippen molar-refractivity contribution in [1.29, 1.82) is 0 Å². The molecular formula is C14H20N6O2S. The molecule has 0 amide bonds. The molecule has 0 spiro atoms. The van der Waals surface area contributed by atoms with E-state index in [0.717, 1.165) is 24.5 Å². The second-order valence-corrected chi connectivity index (χ2v) is 8.12. The van der Waals surface area contributed by atoms with Crippen molar-refractivity contribution in [1.82, 2.24) is 29.0 Å². The fraction of sp³-hybridized carbons (Fsp3) is 0.643. The Morgan fingerprint density at radius 3 is 2.61 bits per heavy atom. The van der Waals surface area contributed by atoms with Crippen LogP contribution in [0.2, 0.25) is 0 Å². The van der Waals surface area contributed by atoms with E-state index in [4.69, 9.17) is 0 Å². The topological polar surface area (TPSA) is 96.8 Å². The summed E-state index contributed by atoms with van der Waals surface area (Å²) in [6, 6.07) is -0.334. The van der Waals surface area contributed by atoms with Gasteiger partial charge < -0.3 is 9.55 Å². The largest absolute Gasteiger partial charge is 0.335 e. The molecule has 0 bridgehead atoms. The van der Waals surface area contributed by atoms with Gasteiger partial charge in [0.2, 0.25) is 0 Å². The van der Waals surface area contributed by atoms with E-state index in [1.807, 2.05) is 6.92 Å². The SMILES string of the molecule is CC1c2nnc(C3CCCC3)n2CCN1S(=O)(=O)c1cnc[nH]1. The minimum atomic E-state index is -3.59. The van der Waals surface area contributed by atoms with Gasteiger partial charge in [0, 0.05) is 19.0 Å². The third kappa shape index (κ3) is 2.29. The summed E-state index contributed by atoms with van der Waals surface area (Å²) in [5, 5.41) is 8.81. The van der Waals surface area contributed by atoms with Crippen LogP contribution in [0.25, 0.3) is 0 Å². The first-order valence-corrected chi connectivity index (χ1v) is 9.46. The van der Waals surface area contributed by atoms with Gasteiger partial charge in [-0.1, -0.05) is 12.8 Å². The predicted octanol–water partition coefficient (Wildman–Crippen LogP) is 1.42. The van der Waals surface area contributed by atoms with Gasteiger partial charge in [0.15, 0.2) is 10.9 Å². The van der Waals surface area contributed by atoms with Crippen LogP contribution in [0.15, 0.2) is 17.6 Å². The first-order chi connectivity index (χ1) is 11.1. The van der Waals surface area contributed by atoms with E-state index in [-0.39, 0.29) is 11.1 Å². The number of aromatic nitrogens is 5. The molecule has 3 heterocycles. The third-order valence-corrected chi connectivity index (χ3v) is 6.83. The molecule has 9 heteroatoms. The minimum absolute atomic E-state index is 0.119. The third-order valence-electron chi connectivity index (χ3n) is 4.94. The van der Waals surface area contributed by atoms with Gasteiger partial charge in [0.05, 0.1) is 18.6 Å². The Hall–Kier alpha value is -1.74. The normalized spacial score (nSPS) is 23.3. The van der Waals surface area contributed by atoms with Crippen LogP contribution in [0.5, 0.6) is 0 Å². The summed E-state index contributed by atoms with van der Waals surface area (Å²) in [7, 11) is -3.59. The smallest absolute Gasteiger partial charge is 0.260 e. The zero-order valence-electron chi connectivity index (χ0n) is 13.0. The number of nitrogens with one attached hydrogen (secondary N) is 1. The minimum Gasteiger partial charge on any atom is -0.335 e. The number of fused-ring (bicyclic) bond motifs is 1. The van der Waals surface area contributed by atoms with Gasteiger partial charge in [-0.3, -0.25) is 0 Å². The lowest BCUT2D eigenvalue weighted by Crippen LogP contribution is -2.41. The number of rotatable bonds is 3. The molecule has 1 fully saturated rings. The molecule has 1 N–H and O–H groups in total. The number of hydrogen-bond acceptors (Lipinski definition) is 5. The highest BCUT2D eigenvalue weighted by Crippen LogP contribution is 2.36. The molecule has 8 nitrogen and oxygen atoms in total. The van der Waals surface area contributed by atoms with Gasteiger partial charge in [-0.25, -0.2) is 13.4 Å². The summed E-state index contributed by atoms with van der Waals surface area (Å²) in [5.41, 5.74) is 0. The van der Waals surface area contributed by atoms with Gasteiger partial charge in [-0.15, -0.1) is 10.2 Å². The zero-order valence-corrected chi connectivity index (χ0v) is 13.8. The Kier molecular flexibility index (Phi) is 3.49. The van der Waals surface area contributed by atoms with Crippen molar-refractivity contribution >= 4 is 10.0 Å². The van der Waals surface area contributed by atoms with Crippen LogP contribution in [0.3, 0.4) is 0 Å². The van der Waals surface area contributed by atoms with Gasteiger partial charge in [0.25, 0.3) is 10.0 Å². The molecule has 0 saturated heterocycles. The molecule has 0 aromatic carbocycles. The lowest BCUT2D eigenvalue weighted by molar-refractivity contribution is 0.271. The first-order valence-electron chi connectivity index (χ1n) is 8.02. The predicted molar refractivity (Wildman–Crippen MR) is 82.1 cm³/mol. The summed E-state index contributed by atoms with van der Waals surface area (Å²) in [6.45, 7) is 2.89. The maximum Gasteiger partial charge on any atom is 0.260 e. The molecule has 1 atom stereocenters. The molecule has 124 valence electrons. The molecule has 1 unspecified atom stereocenters. The highest BCUT2D eigenvalue weighted by molar-refractivity contribution is 7.89. The van der Waals surface area contributed by atoms with Crippen molar-refractivity contribution in [2.75, 3.05) is 6.54 Å². The molecule has 23 heavy (non-hydrogen) atoms. The average Bonchev–Trinajstić information content (AvgIpc) is 3.27. The fourth-order valence-electron chi connectivity index (χ4n) is 3.71. The Labute approximate surface area is 135 Å². The van der Waals surface area contributed by atoms with Crippen molar-refractivity contribution < 1.29 is 8.42 Å². The van der Waals surface area contributed by atoms with E-state index in [9.17, 15) is 8.42 Å². The molecule has 1 aliphatic carbocycles. The van der Waals surface area contributed by atoms with Crippen molar-refractivity contribution in [3.63, 3.8) is 0 Å². The Morgan fingerprint density at radius 1 is 1.17 bits per heavy atom. The van der Waals surface area contributed by atoms with Crippen molar-refractivity contribution in [3.8, 4) is 0 Å². The molecule has 2 aromatic rings. The number of nitrogens with zero attached hydrogens (tertiary/aromatic N) is 5. The van der Waals surface area contributed by atoms with E-state index in [2.05, 4.69) is 24.7 Å². The molecular weight excluding hydrogens is 316 g/mol. The van der Waals surface area contributed by atoms with Crippen LogP contribution in [0.1, 0.15) is 56.2 Å². The standard InChI is InChI=1S/C14H20N6O2S/c1-10-13-17-18-14(11-4-2-3-5-11)19(13)6-7-20(10)23(21,22)12-8-15-9-16-12/h8-11H,2-7H2,1H3,(H,15,16). The molecule has 2 aromatic heterocycles. The van der Waals surface area contributed by atoms with E-state index in [0.29, 0.717) is 19.0 Å². The maximum absolute atomic E-state index is 12.7. The summed E-state index contributed by atoms with van der Waals surface area (Å²) in [6.07, 6.45) is 7.50. The van der Waals surface area contributed by atoms with E-state index < -0.39 is 10.0 Å². The van der Waals surface area contributed by atoms with Crippen LogP contribution in [0, 0.1) is 0 Å². The quantitative estimate of drug-likeness (QED) is 0.914. The molecule has 4 rings (SSSR count). The van der Waals surface area contributed by atoms with E-state index in [1.54, 1.807) is 0 Å². The summed E-state index contributed by atoms with van der Waals surface area (Å²) in [5.74, 6) is 2.24. The van der Waals surface area contributed by atoms with Gasteiger partial charge in [0.1, 0.15) is 5.82 Å². The second kappa shape index (κ2) is 5.41. The fourth-order valence-corrected chi connectivity index (χ4v) is 5.19. The van der Waals surface area contributed by atoms with Crippen molar-refractivity contribution in [3.05, 3.63) is 24.2 Å². The molecule has 0 radical (unpaired) electrons. The Morgan fingerprint density at radius 2 is 1.91 bits per heavy atom. The lowest BCUT2D eigenvalue weighted by Gasteiger charge is -2.32. The van der Waals surface area contributed by atoms with Gasteiger partial charge in [-0.2, -0.15) is 4.31 Å².